The van der Waals surface area contributed by atoms with E-state index in [4.69, 9.17) is 17.3 Å². The Morgan fingerprint density at radius 2 is 2.22 bits per heavy atom. The van der Waals surface area contributed by atoms with Crippen LogP contribution in [0.15, 0.2) is 6.07 Å². The second-order valence-corrected chi connectivity index (χ2v) is 4.98. The van der Waals surface area contributed by atoms with Crippen molar-refractivity contribution in [3.63, 3.8) is 0 Å². The van der Waals surface area contributed by atoms with E-state index in [0.29, 0.717) is 29.1 Å². The van der Waals surface area contributed by atoms with Crippen LogP contribution in [0.3, 0.4) is 0 Å². The van der Waals surface area contributed by atoms with Gasteiger partial charge in [-0.1, -0.05) is 11.6 Å². The Morgan fingerprint density at radius 3 is 2.83 bits per heavy atom. The van der Waals surface area contributed by atoms with Crippen molar-refractivity contribution >= 4 is 29.0 Å². The quantitative estimate of drug-likeness (QED) is 0.817. The van der Waals surface area contributed by atoms with Crippen molar-refractivity contribution in [1.82, 2.24) is 0 Å². The zero-order chi connectivity index (χ0) is 13.4. The zero-order valence-corrected chi connectivity index (χ0v) is 11.1. The highest BCUT2D eigenvalue weighted by molar-refractivity contribution is 6.32. The minimum Gasteiger partial charge on any atom is -0.326 e. The molecule has 0 saturated heterocycles. The van der Waals surface area contributed by atoms with Gasteiger partial charge in [-0.15, -0.1) is 0 Å². The van der Waals surface area contributed by atoms with Gasteiger partial charge in [-0.25, -0.2) is 0 Å². The first-order valence-electron chi connectivity index (χ1n) is 5.81. The number of carbonyl (C=O) groups is 2. The molecule has 0 fully saturated rings. The van der Waals surface area contributed by atoms with E-state index in [1.165, 1.54) is 6.92 Å². The van der Waals surface area contributed by atoms with Crippen LogP contribution in [0.25, 0.3) is 0 Å². The van der Waals surface area contributed by atoms with Gasteiger partial charge in [0.05, 0.1) is 11.7 Å². The highest BCUT2D eigenvalue weighted by atomic mass is 35.5. The number of Topliss-reactive ketones (excluding diaryl/α,β-unsaturated/α-hetero) is 1. The SMILES string of the molecule is CC(=O)Nc1cc(Cl)c(C)c2c1C(=O)C(N)CC2. The monoisotopic (exact) mass is 266 g/mol. The van der Waals surface area contributed by atoms with Crippen LogP contribution >= 0.6 is 11.6 Å². The van der Waals surface area contributed by atoms with E-state index in [-0.39, 0.29) is 11.7 Å². The Labute approximate surface area is 110 Å². The van der Waals surface area contributed by atoms with Crippen molar-refractivity contribution in [3.05, 3.63) is 27.8 Å². The molecule has 1 aliphatic rings. The number of nitrogens with one attached hydrogen (secondary N) is 1. The van der Waals surface area contributed by atoms with Gasteiger partial charge in [-0.2, -0.15) is 0 Å². The molecule has 0 spiro atoms. The van der Waals surface area contributed by atoms with Crippen molar-refractivity contribution in [2.75, 3.05) is 5.32 Å². The van der Waals surface area contributed by atoms with Gasteiger partial charge in [0.25, 0.3) is 0 Å². The van der Waals surface area contributed by atoms with E-state index in [9.17, 15) is 9.59 Å². The molecule has 1 unspecified atom stereocenters. The van der Waals surface area contributed by atoms with Gasteiger partial charge in [-0.05, 0) is 37.0 Å². The molecule has 1 amide bonds. The smallest absolute Gasteiger partial charge is 0.221 e. The molecule has 1 atom stereocenters. The second kappa shape index (κ2) is 4.71. The third-order valence-electron chi connectivity index (χ3n) is 3.25. The topological polar surface area (TPSA) is 72.2 Å². The van der Waals surface area contributed by atoms with Gasteiger partial charge in [0.2, 0.25) is 5.91 Å². The van der Waals surface area contributed by atoms with Crippen molar-refractivity contribution in [1.29, 1.82) is 0 Å². The number of benzene rings is 1. The lowest BCUT2D eigenvalue weighted by Crippen LogP contribution is -2.36. The fraction of sp³-hybridized carbons (Fsp3) is 0.385. The van der Waals surface area contributed by atoms with Crippen molar-refractivity contribution in [3.8, 4) is 0 Å². The average Bonchev–Trinajstić information content (AvgIpc) is 2.28. The molecule has 96 valence electrons. The van der Waals surface area contributed by atoms with Crippen LogP contribution in [0.5, 0.6) is 0 Å². The van der Waals surface area contributed by atoms with Crippen LogP contribution in [0.4, 0.5) is 5.69 Å². The minimum atomic E-state index is -0.495. The molecule has 2 rings (SSSR count). The molecule has 18 heavy (non-hydrogen) atoms. The van der Waals surface area contributed by atoms with E-state index >= 15 is 0 Å². The molecule has 0 aliphatic heterocycles. The number of fused-ring (bicyclic) bond motifs is 1. The summed E-state index contributed by atoms with van der Waals surface area (Å²) in [6, 6.07) is 1.12. The van der Waals surface area contributed by atoms with Gasteiger partial charge in [-0.3, -0.25) is 9.59 Å². The number of anilines is 1. The zero-order valence-electron chi connectivity index (χ0n) is 10.3. The summed E-state index contributed by atoms with van der Waals surface area (Å²) >= 11 is 6.12. The molecule has 0 bridgehead atoms. The highest BCUT2D eigenvalue weighted by Gasteiger charge is 2.29. The van der Waals surface area contributed by atoms with E-state index in [1.54, 1.807) is 6.07 Å². The standard InChI is InChI=1S/C13H15ClN2O2/c1-6-8-3-4-10(15)13(18)12(8)11(5-9(6)14)16-7(2)17/h5,10H,3-4,15H2,1-2H3,(H,16,17). The van der Waals surface area contributed by atoms with Crippen LogP contribution in [-0.4, -0.2) is 17.7 Å². The van der Waals surface area contributed by atoms with Crippen LogP contribution in [0.2, 0.25) is 5.02 Å². The number of hydrogen-bond donors (Lipinski definition) is 2. The van der Waals surface area contributed by atoms with Crippen molar-refractivity contribution in [2.45, 2.75) is 32.7 Å². The number of ketones is 1. The fourth-order valence-electron chi connectivity index (χ4n) is 2.30. The Bertz CT molecular complexity index is 540. The van der Waals surface area contributed by atoms with Gasteiger partial charge in [0, 0.05) is 17.5 Å². The van der Waals surface area contributed by atoms with E-state index in [0.717, 1.165) is 11.1 Å². The summed E-state index contributed by atoms with van der Waals surface area (Å²) in [6.45, 7) is 3.27. The van der Waals surface area contributed by atoms with E-state index < -0.39 is 6.04 Å². The Kier molecular flexibility index (Phi) is 3.41. The largest absolute Gasteiger partial charge is 0.326 e. The molecule has 1 aromatic carbocycles. The molecule has 3 N–H and O–H groups in total. The summed E-state index contributed by atoms with van der Waals surface area (Å²) in [5, 5.41) is 3.21. The van der Waals surface area contributed by atoms with Crippen LogP contribution in [0, 0.1) is 6.92 Å². The average molecular weight is 267 g/mol. The van der Waals surface area contributed by atoms with Crippen molar-refractivity contribution in [2.24, 2.45) is 5.73 Å². The number of carbonyl (C=O) groups excluding carboxylic acids is 2. The van der Waals surface area contributed by atoms with Gasteiger partial charge in [0.15, 0.2) is 5.78 Å². The lowest BCUT2D eigenvalue weighted by Gasteiger charge is -2.25. The predicted molar refractivity (Wildman–Crippen MR) is 71.1 cm³/mol. The summed E-state index contributed by atoms with van der Waals surface area (Å²) in [5.41, 5.74) is 8.56. The summed E-state index contributed by atoms with van der Waals surface area (Å²) in [4.78, 5) is 23.3. The van der Waals surface area contributed by atoms with Crippen LogP contribution in [-0.2, 0) is 11.2 Å². The summed E-state index contributed by atoms with van der Waals surface area (Å²) in [7, 11) is 0. The third-order valence-corrected chi connectivity index (χ3v) is 3.64. The molecular weight excluding hydrogens is 252 g/mol. The number of halogens is 1. The fourth-order valence-corrected chi connectivity index (χ4v) is 2.52. The van der Waals surface area contributed by atoms with Crippen LogP contribution in [0.1, 0.15) is 34.8 Å². The van der Waals surface area contributed by atoms with Gasteiger partial charge in [0.1, 0.15) is 0 Å². The molecular formula is C13H15ClN2O2. The molecule has 0 aromatic heterocycles. The van der Waals surface area contributed by atoms with Gasteiger partial charge >= 0.3 is 0 Å². The number of amides is 1. The molecule has 0 radical (unpaired) electrons. The third kappa shape index (κ3) is 2.13. The molecule has 5 heteroatoms. The van der Waals surface area contributed by atoms with Crippen LogP contribution < -0.4 is 11.1 Å². The Hall–Kier alpha value is -1.39. The lowest BCUT2D eigenvalue weighted by atomic mass is 9.84. The Morgan fingerprint density at radius 1 is 1.56 bits per heavy atom. The molecule has 0 saturated carbocycles. The summed E-state index contributed by atoms with van der Waals surface area (Å²) in [5.74, 6) is -0.358. The second-order valence-electron chi connectivity index (χ2n) is 4.58. The van der Waals surface area contributed by atoms with Crippen molar-refractivity contribution < 1.29 is 9.59 Å². The number of hydrogen-bond acceptors (Lipinski definition) is 3. The summed E-state index contributed by atoms with van der Waals surface area (Å²) in [6.07, 6.45) is 1.33. The normalized spacial score (nSPS) is 18.4. The highest BCUT2D eigenvalue weighted by Crippen LogP contribution is 2.34. The molecule has 1 aliphatic carbocycles. The predicted octanol–water partition coefficient (Wildman–Crippen LogP) is 2.06. The first-order chi connectivity index (χ1) is 8.41. The lowest BCUT2D eigenvalue weighted by molar-refractivity contribution is -0.114. The summed E-state index contributed by atoms with van der Waals surface area (Å²) < 4.78 is 0. The van der Waals surface area contributed by atoms with E-state index in [1.807, 2.05) is 6.92 Å². The van der Waals surface area contributed by atoms with E-state index in [2.05, 4.69) is 5.32 Å². The molecule has 4 nitrogen and oxygen atoms in total. The maximum Gasteiger partial charge on any atom is 0.221 e. The molecule has 0 heterocycles. The van der Waals surface area contributed by atoms with Gasteiger partial charge < -0.3 is 11.1 Å². The number of nitrogens with two attached hydrogens (primary N) is 1. The first kappa shape index (κ1) is 13.1. The maximum atomic E-state index is 12.2. The minimum absolute atomic E-state index is 0.125. The first-order valence-corrected chi connectivity index (χ1v) is 6.19. The maximum absolute atomic E-state index is 12.2. The Balaban J connectivity index is 2.64. The molecule has 1 aromatic rings. The number of rotatable bonds is 1.